The van der Waals surface area contributed by atoms with E-state index in [0.29, 0.717) is 23.8 Å². The molecule has 0 saturated carbocycles. The molecular formula is C17H26N4O2. The van der Waals surface area contributed by atoms with Gasteiger partial charge in [0.15, 0.2) is 0 Å². The van der Waals surface area contributed by atoms with Gasteiger partial charge in [-0.15, -0.1) is 0 Å². The van der Waals surface area contributed by atoms with Gasteiger partial charge in [0, 0.05) is 44.3 Å². The number of carbonyl (C=O) groups excluding carboxylic acids is 1. The number of aryl methyl sites for hydroxylation is 1. The van der Waals surface area contributed by atoms with Crippen LogP contribution in [0, 0.1) is 0 Å². The van der Waals surface area contributed by atoms with Crippen molar-refractivity contribution < 1.29 is 4.79 Å². The molecule has 0 spiro atoms. The van der Waals surface area contributed by atoms with E-state index in [9.17, 15) is 9.59 Å². The van der Waals surface area contributed by atoms with E-state index in [-0.39, 0.29) is 11.5 Å². The minimum absolute atomic E-state index is 0.0650. The number of hydrogen-bond donors (Lipinski definition) is 0. The van der Waals surface area contributed by atoms with Crippen molar-refractivity contribution in [3.05, 3.63) is 28.2 Å². The van der Waals surface area contributed by atoms with Gasteiger partial charge in [0.25, 0.3) is 11.5 Å². The molecule has 2 aliphatic rings. The molecule has 0 aliphatic carbocycles. The highest BCUT2D eigenvalue weighted by atomic mass is 16.2. The molecule has 3 rings (SSSR count). The molecule has 23 heavy (non-hydrogen) atoms. The number of carbonyl (C=O) groups is 1. The highest BCUT2D eigenvalue weighted by Crippen LogP contribution is 2.30. The second-order valence-electron chi connectivity index (χ2n) is 6.95. The van der Waals surface area contributed by atoms with Crippen molar-refractivity contribution in [1.82, 2.24) is 19.6 Å². The lowest BCUT2D eigenvalue weighted by Gasteiger charge is -2.41. The Hall–Kier alpha value is -1.69. The molecule has 0 radical (unpaired) electrons. The highest BCUT2D eigenvalue weighted by molar-refractivity contribution is 5.92. The number of nitrogens with zero attached hydrogens (tertiary/aromatic N) is 4. The van der Waals surface area contributed by atoms with Gasteiger partial charge < -0.3 is 4.90 Å². The predicted octanol–water partition coefficient (Wildman–Crippen LogP) is 1.26. The number of piperidine rings is 1. The Kier molecular flexibility index (Phi) is 4.53. The lowest BCUT2D eigenvalue weighted by molar-refractivity contribution is 0.0480. The van der Waals surface area contributed by atoms with Crippen LogP contribution in [-0.4, -0.2) is 56.7 Å². The molecule has 2 fully saturated rings. The molecule has 2 saturated heterocycles. The quantitative estimate of drug-likeness (QED) is 0.824. The van der Waals surface area contributed by atoms with Crippen molar-refractivity contribution in [2.24, 2.45) is 7.05 Å². The zero-order chi connectivity index (χ0) is 16.6. The maximum atomic E-state index is 12.7. The minimum Gasteiger partial charge on any atom is -0.336 e. The summed E-state index contributed by atoms with van der Waals surface area (Å²) in [6.45, 7) is 6.12. The molecule has 1 amide bonds. The third-order valence-corrected chi connectivity index (χ3v) is 5.31. The van der Waals surface area contributed by atoms with Crippen molar-refractivity contribution in [3.63, 3.8) is 0 Å². The molecule has 0 N–H and O–H groups in total. The minimum atomic E-state index is -0.196. The molecule has 6 nitrogen and oxygen atoms in total. The summed E-state index contributed by atoms with van der Waals surface area (Å²) in [6.07, 6.45) is 4.67. The fraction of sp³-hybridized carbons (Fsp3) is 0.706. The Morgan fingerprint density at radius 3 is 2.52 bits per heavy atom. The van der Waals surface area contributed by atoms with Gasteiger partial charge in [-0.05, 0) is 45.6 Å². The van der Waals surface area contributed by atoms with Gasteiger partial charge in [0.1, 0.15) is 5.69 Å². The third-order valence-electron chi connectivity index (χ3n) is 5.31. The Labute approximate surface area is 137 Å². The van der Waals surface area contributed by atoms with Crippen LogP contribution in [-0.2, 0) is 7.05 Å². The summed E-state index contributed by atoms with van der Waals surface area (Å²) < 4.78 is 1.22. The number of hydrogen-bond acceptors (Lipinski definition) is 4. The SMILES string of the molecule is C[C@@H]1CC[C@@H](C)N1[C@@H]1CCCN(C(=O)c2ccc(=O)n(C)n2)C1. The number of amides is 1. The van der Waals surface area contributed by atoms with Crippen LogP contribution in [0.4, 0.5) is 0 Å². The topological polar surface area (TPSA) is 58.4 Å². The van der Waals surface area contributed by atoms with Crippen LogP contribution >= 0.6 is 0 Å². The monoisotopic (exact) mass is 318 g/mol. The molecule has 126 valence electrons. The van der Waals surface area contributed by atoms with Gasteiger partial charge in [0.05, 0.1) is 0 Å². The summed E-state index contributed by atoms with van der Waals surface area (Å²) in [4.78, 5) is 28.6. The van der Waals surface area contributed by atoms with E-state index in [1.54, 1.807) is 7.05 Å². The zero-order valence-electron chi connectivity index (χ0n) is 14.2. The average molecular weight is 318 g/mol. The third kappa shape index (κ3) is 3.17. The predicted molar refractivity (Wildman–Crippen MR) is 88.4 cm³/mol. The maximum Gasteiger partial charge on any atom is 0.274 e. The van der Waals surface area contributed by atoms with E-state index in [0.717, 1.165) is 25.9 Å². The molecule has 0 aromatic carbocycles. The standard InChI is InChI=1S/C17H26N4O2/c1-12-6-7-13(2)21(12)14-5-4-10-20(11-14)17(23)15-8-9-16(22)19(3)18-15/h8-9,12-14H,4-7,10-11H2,1-3H3/t12-,13-,14-/m1/s1. The molecule has 2 aliphatic heterocycles. The van der Waals surface area contributed by atoms with Crippen LogP contribution in [0.1, 0.15) is 50.0 Å². The van der Waals surface area contributed by atoms with Gasteiger partial charge in [0.2, 0.25) is 0 Å². The summed E-state index contributed by atoms with van der Waals surface area (Å²) in [5.41, 5.74) is 0.160. The van der Waals surface area contributed by atoms with Crippen LogP contribution in [0.15, 0.2) is 16.9 Å². The Morgan fingerprint density at radius 1 is 1.17 bits per heavy atom. The first-order chi connectivity index (χ1) is 11.0. The molecule has 0 unspecified atom stereocenters. The lowest BCUT2D eigenvalue weighted by Crippen LogP contribution is -2.52. The Balaban J connectivity index is 1.74. The number of likely N-dealkylation sites (tertiary alicyclic amines) is 2. The van der Waals surface area contributed by atoms with Crippen molar-refractivity contribution in [3.8, 4) is 0 Å². The van der Waals surface area contributed by atoms with Crippen LogP contribution in [0.25, 0.3) is 0 Å². The molecule has 1 aromatic rings. The first-order valence-electron chi connectivity index (χ1n) is 8.58. The first-order valence-corrected chi connectivity index (χ1v) is 8.58. The smallest absolute Gasteiger partial charge is 0.274 e. The second-order valence-corrected chi connectivity index (χ2v) is 6.95. The van der Waals surface area contributed by atoms with Crippen molar-refractivity contribution in [1.29, 1.82) is 0 Å². The van der Waals surface area contributed by atoms with E-state index in [1.165, 1.54) is 29.7 Å². The normalized spacial score (nSPS) is 29.0. The molecule has 3 atom stereocenters. The Bertz CT molecular complexity index is 632. The molecular weight excluding hydrogens is 292 g/mol. The summed E-state index contributed by atoms with van der Waals surface area (Å²) in [5.74, 6) is -0.0650. The van der Waals surface area contributed by atoms with Crippen LogP contribution in [0.5, 0.6) is 0 Å². The fourth-order valence-electron chi connectivity index (χ4n) is 4.10. The van der Waals surface area contributed by atoms with Crippen LogP contribution < -0.4 is 5.56 Å². The van der Waals surface area contributed by atoms with E-state index in [4.69, 9.17) is 0 Å². The molecule has 3 heterocycles. The molecule has 0 bridgehead atoms. The fourth-order valence-corrected chi connectivity index (χ4v) is 4.10. The van der Waals surface area contributed by atoms with Gasteiger partial charge in [-0.1, -0.05) is 0 Å². The molecule has 1 aromatic heterocycles. The van der Waals surface area contributed by atoms with Gasteiger partial charge >= 0.3 is 0 Å². The first kappa shape index (κ1) is 16.2. The van der Waals surface area contributed by atoms with E-state index in [2.05, 4.69) is 23.8 Å². The molecule has 6 heteroatoms. The summed E-state index contributed by atoms with van der Waals surface area (Å²) >= 11 is 0. The zero-order valence-corrected chi connectivity index (χ0v) is 14.2. The summed E-state index contributed by atoms with van der Waals surface area (Å²) in [5, 5.41) is 4.10. The van der Waals surface area contributed by atoms with Crippen LogP contribution in [0.3, 0.4) is 0 Å². The van der Waals surface area contributed by atoms with Crippen molar-refractivity contribution >= 4 is 5.91 Å². The van der Waals surface area contributed by atoms with Gasteiger partial charge in [-0.25, -0.2) is 4.68 Å². The Morgan fingerprint density at radius 2 is 1.87 bits per heavy atom. The van der Waals surface area contributed by atoms with Crippen molar-refractivity contribution in [2.75, 3.05) is 13.1 Å². The van der Waals surface area contributed by atoms with Gasteiger partial charge in [-0.2, -0.15) is 5.10 Å². The van der Waals surface area contributed by atoms with E-state index >= 15 is 0 Å². The van der Waals surface area contributed by atoms with Crippen molar-refractivity contribution in [2.45, 2.75) is 57.7 Å². The number of rotatable bonds is 2. The average Bonchev–Trinajstić information content (AvgIpc) is 2.88. The second kappa shape index (κ2) is 6.43. The maximum absolute atomic E-state index is 12.7. The largest absolute Gasteiger partial charge is 0.336 e. The summed E-state index contributed by atoms with van der Waals surface area (Å²) in [6, 6.07) is 4.58. The van der Waals surface area contributed by atoms with Crippen LogP contribution in [0.2, 0.25) is 0 Å². The summed E-state index contributed by atoms with van der Waals surface area (Å²) in [7, 11) is 1.58. The highest BCUT2D eigenvalue weighted by Gasteiger charge is 2.36. The lowest BCUT2D eigenvalue weighted by atomic mass is 10.0. The van der Waals surface area contributed by atoms with E-state index < -0.39 is 0 Å². The van der Waals surface area contributed by atoms with E-state index in [1.807, 2.05) is 4.90 Å². The number of aromatic nitrogens is 2. The van der Waals surface area contributed by atoms with Gasteiger partial charge in [-0.3, -0.25) is 14.5 Å².